The van der Waals surface area contributed by atoms with Gasteiger partial charge in [0.15, 0.2) is 0 Å². The number of hydrogen-bond acceptors (Lipinski definition) is 2. The fourth-order valence-corrected chi connectivity index (χ4v) is 4.04. The first-order chi connectivity index (χ1) is 11.2. The summed E-state index contributed by atoms with van der Waals surface area (Å²) in [5.74, 6) is 0.638. The van der Waals surface area contributed by atoms with Crippen LogP contribution in [0.1, 0.15) is 43.9 Å². The zero-order valence-corrected chi connectivity index (χ0v) is 14.6. The second-order valence-corrected chi connectivity index (χ2v) is 6.75. The lowest BCUT2D eigenvalue weighted by molar-refractivity contribution is 0.206. The number of carbonyl (C=O) groups is 1. The Balaban J connectivity index is 1.82. The highest BCUT2D eigenvalue weighted by Crippen LogP contribution is 2.30. The standard InChI is InChI=1S/C19H29N3O/c1-4-13-9-14(5-2)18(15(6-3)10-13)21-19(23)22-8-7-16-11-20-12-17(16)22/h9-10,16-17,20H,4-8,11-12H2,1-3H3,(H,21,23)/t16-,17+/m1/s1. The number of urea groups is 1. The maximum atomic E-state index is 12.8. The van der Waals surface area contributed by atoms with Gasteiger partial charge in [-0.2, -0.15) is 0 Å². The highest BCUT2D eigenvalue weighted by atomic mass is 16.2. The summed E-state index contributed by atoms with van der Waals surface area (Å²) in [5, 5.41) is 6.66. The van der Waals surface area contributed by atoms with Crippen LogP contribution in [0.5, 0.6) is 0 Å². The van der Waals surface area contributed by atoms with Crippen LogP contribution in [0.3, 0.4) is 0 Å². The van der Waals surface area contributed by atoms with Gasteiger partial charge < -0.3 is 15.5 Å². The molecular weight excluding hydrogens is 286 g/mol. The first kappa shape index (κ1) is 16.3. The maximum Gasteiger partial charge on any atom is 0.322 e. The van der Waals surface area contributed by atoms with Crippen molar-refractivity contribution in [1.82, 2.24) is 10.2 Å². The van der Waals surface area contributed by atoms with Crippen LogP contribution < -0.4 is 10.6 Å². The lowest BCUT2D eigenvalue weighted by Gasteiger charge is -2.25. The summed E-state index contributed by atoms with van der Waals surface area (Å²) < 4.78 is 0. The molecule has 2 saturated heterocycles. The molecule has 2 N–H and O–H groups in total. The second kappa shape index (κ2) is 6.91. The van der Waals surface area contributed by atoms with E-state index in [1.165, 1.54) is 16.7 Å². The zero-order chi connectivity index (χ0) is 16.4. The summed E-state index contributed by atoms with van der Waals surface area (Å²) >= 11 is 0. The third-order valence-corrected chi connectivity index (χ3v) is 5.47. The summed E-state index contributed by atoms with van der Waals surface area (Å²) in [6, 6.07) is 4.95. The molecule has 0 radical (unpaired) electrons. The van der Waals surface area contributed by atoms with Crippen molar-refractivity contribution in [1.29, 1.82) is 0 Å². The van der Waals surface area contributed by atoms with E-state index in [2.05, 4.69) is 43.5 Å². The number of anilines is 1. The van der Waals surface area contributed by atoms with Crippen LogP contribution in [0.2, 0.25) is 0 Å². The highest BCUT2D eigenvalue weighted by Gasteiger charge is 2.40. The number of rotatable bonds is 4. The van der Waals surface area contributed by atoms with Crippen LogP contribution in [-0.2, 0) is 19.3 Å². The van der Waals surface area contributed by atoms with Gasteiger partial charge in [-0.05, 0) is 48.3 Å². The Morgan fingerprint density at radius 2 is 1.87 bits per heavy atom. The number of carbonyl (C=O) groups excluding carboxylic acids is 1. The van der Waals surface area contributed by atoms with Crippen LogP contribution in [0.4, 0.5) is 10.5 Å². The van der Waals surface area contributed by atoms with E-state index in [9.17, 15) is 4.79 Å². The van der Waals surface area contributed by atoms with Crippen molar-refractivity contribution < 1.29 is 4.79 Å². The average Bonchev–Trinajstić information content (AvgIpc) is 3.17. The van der Waals surface area contributed by atoms with E-state index in [1.807, 2.05) is 4.90 Å². The first-order valence-electron chi connectivity index (χ1n) is 9.10. The van der Waals surface area contributed by atoms with Gasteiger partial charge in [0, 0.05) is 31.4 Å². The summed E-state index contributed by atoms with van der Waals surface area (Å²) in [7, 11) is 0. The van der Waals surface area contributed by atoms with Gasteiger partial charge in [0.2, 0.25) is 0 Å². The van der Waals surface area contributed by atoms with Gasteiger partial charge >= 0.3 is 6.03 Å². The largest absolute Gasteiger partial charge is 0.322 e. The van der Waals surface area contributed by atoms with Crippen molar-refractivity contribution in [2.45, 2.75) is 52.5 Å². The molecule has 0 aromatic heterocycles. The quantitative estimate of drug-likeness (QED) is 0.896. The average molecular weight is 315 g/mol. The number of fused-ring (bicyclic) bond motifs is 1. The molecule has 0 unspecified atom stereocenters. The van der Waals surface area contributed by atoms with Gasteiger partial charge in [-0.1, -0.05) is 32.9 Å². The Morgan fingerprint density at radius 3 is 2.48 bits per heavy atom. The Kier molecular flexibility index (Phi) is 4.90. The van der Waals surface area contributed by atoms with Crippen molar-refractivity contribution in [3.63, 3.8) is 0 Å². The fraction of sp³-hybridized carbons (Fsp3) is 0.632. The molecule has 4 heteroatoms. The Morgan fingerprint density at radius 1 is 1.17 bits per heavy atom. The number of nitrogens with zero attached hydrogens (tertiary/aromatic N) is 1. The molecule has 1 aromatic carbocycles. The van der Waals surface area contributed by atoms with E-state index in [4.69, 9.17) is 0 Å². The lowest BCUT2D eigenvalue weighted by atomic mass is 9.98. The molecule has 0 saturated carbocycles. The minimum absolute atomic E-state index is 0.0786. The number of amides is 2. The van der Waals surface area contributed by atoms with Crippen LogP contribution in [-0.4, -0.2) is 36.6 Å². The number of aryl methyl sites for hydroxylation is 3. The van der Waals surface area contributed by atoms with Gasteiger partial charge in [0.25, 0.3) is 0 Å². The van der Waals surface area contributed by atoms with Crippen LogP contribution in [0, 0.1) is 5.92 Å². The van der Waals surface area contributed by atoms with E-state index in [0.717, 1.165) is 51.0 Å². The SMILES string of the molecule is CCc1cc(CC)c(NC(=O)N2CC[C@@H]3CNC[C@@H]32)c(CC)c1. The molecule has 2 fully saturated rings. The molecular formula is C19H29N3O. The van der Waals surface area contributed by atoms with E-state index in [1.54, 1.807) is 0 Å². The van der Waals surface area contributed by atoms with Crippen molar-refractivity contribution in [2.24, 2.45) is 5.92 Å². The maximum absolute atomic E-state index is 12.8. The molecule has 23 heavy (non-hydrogen) atoms. The van der Waals surface area contributed by atoms with E-state index < -0.39 is 0 Å². The number of benzene rings is 1. The molecule has 126 valence electrons. The smallest absolute Gasteiger partial charge is 0.320 e. The lowest BCUT2D eigenvalue weighted by Crippen LogP contribution is -2.42. The molecule has 2 heterocycles. The number of hydrogen-bond donors (Lipinski definition) is 2. The summed E-state index contributed by atoms with van der Waals surface area (Å²) in [5.41, 5.74) is 4.93. The van der Waals surface area contributed by atoms with Gasteiger partial charge in [-0.25, -0.2) is 4.79 Å². The second-order valence-electron chi connectivity index (χ2n) is 6.75. The van der Waals surface area contributed by atoms with Crippen molar-refractivity contribution in [3.05, 3.63) is 28.8 Å². The van der Waals surface area contributed by atoms with Gasteiger partial charge in [0.05, 0.1) is 0 Å². The molecule has 4 nitrogen and oxygen atoms in total. The third-order valence-electron chi connectivity index (χ3n) is 5.47. The van der Waals surface area contributed by atoms with Crippen LogP contribution in [0.25, 0.3) is 0 Å². The first-order valence-corrected chi connectivity index (χ1v) is 9.10. The number of likely N-dealkylation sites (tertiary alicyclic amines) is 1. The zero-order valence-electron chi connectivity index (χ0n) is 14.6. The van der Waals surface area contributed by atoms with Crippen LogP contribution >= 0.6 is 0 Å². The molecule has 2 aliphatic heterocycles. The summed E-state index contributed by atoms with van der Waals surface area (Å²) in [6.07, 6.45) is 4.06. The molecule has 2 aliphatic rings. The summed E-state index contributed by atoms with van der Waals surface area (Å²) in [4.78, 5) is 14.9. The van der Waals surface area contributed by atoms with E-state index >= 15 is 0 Å². The fourth-order valence-electron chi connectivity index (χ4n) is 4.04. The van der Waals surface area contributed by atoms with Gasteiger partial charge in [0.1, 0.15) is 0 Å². The van der Waals surface area contributed by atoms with E-state index in [0.29, 0.717) is 12.0 Å². The Labute approximate surface area is 139 Å². The predicted molar refractivity (Wildman–Crippen MR) is 95.1 cm³/mol. The molecule has 1 aromatic rings. The topological polar surface area (TPSA) is 44.4 Å². The predicted octanol–water partition coefficient (Wildman–Crippen LogP) is 3.20. The van der Waals surface area contributed by atoms with Crippen molar-refractivity contribution >= 4 is 11.7 Å². The molecule has 2 amide bonds. The third kappa shape index (κ3) is 3.09. The Bertz CT molecular complexity index is 559. The molecule has 0 spiro atoms. The number of nitrogens with one attached hydrogen (secondary N) is 2. The minimum atomic E-state index is 0.0786. The van der Waals surface area contributed by atoms with Gasteiger partial charge in [-0.3, -0.25) is 0 Å². The van der Waals surface area contributed by atoms with Crippen molar-refractivity contribution in [3.8, 4) is 0 Å². The Hall–Kier alpha value is -1.55. The summed E-state index contributed by atoms with van der Waals surface area (Å²) in [6.45, 7) is 9.39. The van der Waals surface area contributed by atoms with E-state index in [-0.39, 0.29) is 6.03 Å². The molecule has 3 rings (SSSR count). The molecule has 0 bridgehead atoms. The molecule has 0 aliphatic carbocycles. The minimum Gasteiger partial charge on any atom is -0.320 e. The van der Waals surface area contributed by atoms with Gasteiger partial charge in [-0.15, -0.1) is 0 Å². The molecule has 2 atom stereocenters. The van der Waals surface area contributed by atoms with Crippen molar-refractivity contribution in [2.75, 3.05) is 25.0 Å². The monoisotopic (exact) mass is 315 g/mol. The normalized spacial score (nSPS) is 23.2. The highest BCUT2D eigenvalue weighted by molar-refractivity contribution is 5.91. The van der Waals surface area contributed by atoms with Crippen LogP contribution in [0.15, 0.2) is 12.1 Å².